The molecule has 1 aliphatic heterocycles. The zero-order valence-electron chi connectivity index (χ0n) is 5.81. The first-order valence-corrected chi connectivity index (χ1v) is 4.64. The van der Waals surface area contributed by atoms with Crippen LogP contribution in [0.3, 0.4) is 0 Å². The van der Waals surface area contributed by atoms with Crippen molar-refractivity contribution in [1.82, 2.24) is 0 Å². The predicted molar refractivity (Wildman–Crippen MR) is 42.4 cm³/mol. The molecular weight excluding hydrogens is 196 g/mol. The van der Waals surface area contributed by atoms with Crippen LogP contribution in [0, 0.1) is 0 Å². The van der Waals surface area contributed by atoms with Crippen LogP contribution >= 0.6 is 15.9 Å². The summed E-state index contributed by atoms with van der Waals surface area (Å²) in [5.41, 5.74) is 0. The first-order chi connectivity index (χ1) is 4.83. The Labute approximate surface area is 69.1 Å². The maximum absolute atomic E-state index is 10.8. The van der Waals surface area contributed by atoms with E-state index in [1.807, 2.05) is 0 Å². The van der Waals surface area contributed by atoms with Crippen molar-refractivity contribution in [2.24, 2.45) is 0 Å². The first-order valence-electron chi connectivity index (χ1n) is 3.52. The van der Waals surface area contributed by atoms with Crippen LogP contribution in [0.4, 0.5) is 0 Å². The number of ketones is 1. The number of carbonyl (C=O) groups excluding carboxylic acids is 1. The fourth-order valence-electron chi connectivity index (χ4n) is 1.11. The lowest BCUT2D eigenvalue weighted by Crippen LogP contribution is -2.12. The van der Waals surface area contributed by atoms with Crippen LogP contribution in [0.2, 0.25) is 0 Å². The molecule has 1 unspecified atom stereocenters. The largest absolute Gasteiger partial charge is 0.378 e. The van der Waals surface area contributed by atoms with E-state index < -0.39 is 0 Å². The van der Waals surface area contributed by atoms with Gasteiger partial charge in [0.2, 0.25) is 0 Å². The third-order valence-corrected chi connectivity index (χ3v) is 2.25. The third-order valence-electron chi connectivity index (χ3n) is 1.63. The molecule has 1 fully saturated rings. The highest BCUT2D eigenvalue weighted by Crippen LogP contribution is 2.15. The summed E-state index contributed by atoms with van der Waals surface area (Å²) >= 11 is 3.12. The number of carbonyl (C=O) groups is 1. The van der Waals surface area contributed by atoms with E-state index in [1.165, 1.54) is 0 Å². The molecule has 0 aromatic heterocycles. The molecule has 1 aliphatic rings. The van der Waals surface area contributed by atoms with Crippen molar-refractivity contribution in [3.63, 3.8) is 0 Å². The number of ether oxygens (including phenoxy) is 1. The van der Waals surface area contributed by atoms with Crippen LogP contribution in [0.25, 0.3) is 0 Å². The minimum Gasteiger partial charge on any atom is -0.378 e. The molecule has 0 N–H and O–H groups in total. The van der Waals surface area contributed by atoms with E-state index in [4.69, 9.17) is 4.74 Å². The Morgan fingerprint density at radius 2 is 2.50 bits per heavy atom. The smallest absolute Gasteiger partial charge is 0.145 e. The van der Waals surface area contributed by atoms with Gasteiger partial charge in [-0.05, 0) is 12.8 Å². The van der Waals surface area contributed by atoms with Gasteiger partial charge in [0, 0.05) is 13.0 Å². The van der Waals surface area contributed by atoms with Gasteiger partial charge in [-0.25, -0.2) is 0 Å². The molecule has 0 aromatic carbocycles. The molecule has 1 heterocycles. The maximum atomic E-state index is 10.8. The summed E-state index contributed by atoms with van der Waals surface area (Å²) in [6.07, 6.45) is 2.97. The highest BCUT2D eigenvalue weighted by molar-refractivity contribution is 9.09. The summed E-state index contributed by atoms with van der Waals surface area (Å²) in [4.78, 5) is 10.8. The van der Waals surface area contributed by atoms with Crippen LogP contribution in [0.5, 0.6) is 0 Å². The Hall–Kier alpha value is 0.110. The zero-order chi connectivity index (χ0) is 7.40. The van der Waals surface area contributed by atoms with Crippen molar-refractivity contribution in [2.75, 3.05) is 11.9 Å². The van der Waals surface area contributed by atoms with E-state index >= 15 is 0 Å². The zero-order valence-corrected chi connectivity index (χ0v) is 7.39. The molecule has 0 spiro atoms. The molecular formula is C7H11BrO2. The van der Waals surface area contributed by atoms with Gasteiger partial charge in [-0.15, -0.1) is 0 Å². The average molecular weight is 207 g/mol. The lowest BCUT2D eigenvalue weighted by molar-refractivity contribution is -0.118. The van der Waals surface area contributed by atoms with Gasteiger partial charge in [0.25, 0.3) is 0 Å². The fourth-order valence-corrected chi connectivity index (χ4v) is 1.34. The third kappa shape index (κ3) is 2.39. The van der Waals surface area contributed by atoms with Crippen LogP contribution < -0.4 is 0 Å². The summed E-state index contributed by atoms with van der Waals surface area (Å²) in [6, 6.07) is 0. The number of halogens is 1. The minimum atomic E-state index is 0.213. The van der Waals surface area contributed by atoms with E-state index in [1.54, 1.807) is 0 Å². The van der Waals surface area contributed by atoms with E-state index in [0.717, 1.165) is 19.4 Å². The van der Waals surface area contributed by atoms with Crippen molar-refractivity contribution in [3.05, 3.63) is 0 Å². The van der Waals surface area contributed by atoms with Crippen molar-refractivity contribution < 1.29 is 9.53 Å². The van der Waals surface area contributed by atoms with Crippen molar-refractivity contribution >= 4 is 21.7 Å². The molecule has 10 heavy (non-hydrogen) atoms. The Morgan fingerprint density at radius 3 is 3.00 bits per heavy atom. The Morgan fingerprint density at radius 1 is 1.70 bits per heavy atom. The number of rotatable bonds is 3. The molecule has 1 saturated heterocycles. The van der Waals surface area contributed by atoms with E-state index in [0.29, 0.717) is 11.8 Å². The topological polar surface area (TPSA) is 26.3 Å². The van der Waals surface area contributed by atoms with E-state index in [-0.39, 0.29) is 11.9 Å². The summed E-state index contributed by atoms with van der Waals surface area (Å²) in [5, 5.41) is 0.465. The van der Waals surface area contributed by atoms with Crippen LogP contribution in [0.1, 0.15) is 19.3 Å². The van der Waals surface area contributed by atoms with Gasteiger partial charge < -0.3 is 4.74 Å². The van der Waals surface area contributed by atoms with Gasteiger partial charge in [0.1, 0.15) is 5.78 Å². The number of alkyl halides is 1. The summed E-state index contributed by atoms with van der Waals surface area (Å²) in [7, 11) is 0. The molecule has 3 heteroatoms. The first kappa shape index (κ1) is 8.21. The second-order valence-corrected chi connectivity index (χ2v) is 3.07. The van der Waals surface area contributed by atoms with Crippen molar-refractivity contribution in [2.45, 2.75) is 25.4 Å². The second kappa shape index (κ2) is 4.09. The van der Waals surface area contributed by atoms with Crippen LogP contribution in [-0.2, 0) is 9.53 Å². The lowest BCUT2D eigenvalue weighted by Gasteiger charge is -2.05. The molecule has 1 atom stereocenters. The molecule has 0 bridgehead atoms. The standard InChI is InChI=1S/C7H11BrO2/c8-5-6(9)4-7-2-1-3-10-7/h7H,1-5H2. The molecule has 0 saturated carbocycles. The van der Waals surface area contributed by atoms with Gasteiger partial charge in [-0.2, -0.15) is 0 Å². The molecule has 0 radical (unpaired) electrons. The maximum Gasteiger partial charge on any atom is 0.145 e. The number of hydrogen-bond acceptors (Lipinski definition) is 2. The van der Waals surface area contributed by atoms with Crippen molar-refractivity contribution in [3.8, 4) is 0 Å². The monoisotopic (exact) mass is 206 g/mol. The lowest BCUT2D eigenvalue weighted by atomic mass is 10.1. The van der Waals surface area contributed by atoms with Gasteiger partial charge in [-0.1, -0.05) is 15.9 Å². The quantitative estimate of drug-likeness (QED) is 0.656. The highest BCUT2D eigenvalue weighted by Gasteiger charge is 2.17. The van der Waals surface area contributed by atoms with Crippen LogP contribution in [-0.4, -0.2) is 23.8 Å². The Balaban J connectivity index is 2.17. The van der Waals surface area contributed by atoms with Gasteiger partial charge in [-0.3, -0.25) is 4.79 Å². The SMILES string of the molecule is O=C(CBr)CC1CCCO1. The second-order valence-electron chi connectivity index (χ2n) is 2.51. The molecule has 2 nitrogen and oxygen atoms in total. The average Bonchev–Trinajstić information content (AvgIpc) is 2.40. The summed E-state index contributed by atoms with van der Waals surface area (Å²) in [6.45, 7) is 0.834. The predicted octanol–water partition coefficient (Wildman–Crippen LogP) is 1.52. The Kier molecular flexibility index (Phi) is 3.35. The molecule has 0 aromatic rings. The number of Topliss-reactive ketones (excluding diaryl/α,β-unsaturated/α-hetero) is 1. The van der Waals surface area contributed by atoms with Crippen LogP contribution in [0.15, 0.2) is 0 Å². The Bertz CT molecular complexity index is 119. The molecule has 58 valence electrons. The molecule has 0 aliphatic carbocycles. The molecule has 1 rings (SSSR count). The van der Waals surface area contributed by atoms with Gasteiger partial charge in [0.15, 0.2) is 0 Å². The van der Waals surface area contributed by atoms with E-state index in [2.05, 4.69) is 15.9 Å². The normalized spacial score (nSPS) is 25.1. The van der Waals surface area contributed by atoms with Gasteiger partial charge >= 0.3 is 0 Å². The summed E-state index contributed by atoms with van der Waals surface area (Å²) in [5.74, 6) is 0.243. The fraction of sp³-hybridized carbons (Fsp3) is 0.857. The highest BCUT2D eigenvalue weighted by atomic mass is 79.9. The van der Waals surface area contributed by atoms with E-state index in [9.17, 15) is 4.79 Å². The van der Waals surface area contributed by atoms with Crippen molar-refractivity contribution in [1.29, 1.82) is 0 Å². The molecule has 0 amide bonds. The summed E-state index contributed by atoms with van der Waals surface area (Å²) < 4.78 is 5.28. The van der Waals surface area contributed by atoms with Gasteiger partial charge in [0.05, 0.1) is 11.4 Å². The number of hydrogen-bond donors (Lipinski definition) is 0. The minimum absolute atomic E-state index is 0.213.